The van der Waals surface area contributed by atoms with Crippen LogP contribution in [-0.2, 0) is 11.3 Å². The van der Waals surface area contributed by atoms with Gasteiger partial charge in [0.15, 0.2) is 0 Å². The standard InChI is InChI=1S/C17H18N2O3/c20-16(19-8-4-5-9-19)15-10-14(11-18-15)17(21)22-12-13-6-2-1-3-7-13/h1-3,6-7,10-11,18H,4-5,8-9,12H2. The van der Waals surface area contributed by atoms with Crippen LogP contribution in [0.15, 0.2) is 42.6 Å². The number of nitrogens with zero attached hydrogens (tertiary/aromatic N) is 1. The van der Waals surface area contributed by atoms with Crippen LogP contribution < -0.4 is 0 Å². The number of benzene rings is 1. The molecular formula is C17H18N2O3. The van der Waals surface area contributed by atoms with E-state index in [0.717, 1.165) is 31.5 Å². The van der Waals surface area contributed by atoms with Gasteiger partial charge in [-0.3, -0.25) is 4.79 Å². The third-order valence-electron chi connectivity index (χ3n) is 3.76. The minimum Gasteiger partial charge on any atom is -0.457 e. The summed E-state index contributed by atoms with van der Waals surface area (Å²) in [5, 5.41) is 0. The highest BCUT2D eigenvalue weighted by molar-refractivity contribution is 5.97. The van der Waals surface area contributed by atoms with Gasteiger partial charge >= 0.3 is 5.97 Å². The molecule has 1 fully saturated rings. The lowest BCUT2D eigenvalue weighted by Crippen LogP contribution is -2.27. The van der Waals surface area contributed by atoms with Gasteiger partial charge in [-0.2, -0.15) is 0 Å². The molecule has 1 saturated heterocycles. The average Bonchev–Trinajstić information content (AvgIpc) is 3.24. The van der Waals surface area contributed by atoms with E-state index >= 15 is 0 Å². The number of carbonyl (C=O) groups is 2. The number of hydrogen-bond acceptors (Lipinski definition) is 3. The van der Waals surface area contributed by atoms with Gasteiger partial charge in [-0.25, -0.2) is 4.79 Å². The van der Waals surface area contributed by atoms with E-state index in [1.807, 2.05) is 30.3 Å². The molecule has 0 saturated carbocycles. The van der Waals surface area contributed by atoms with Crippen LogP contribution in [0.5, 0.6) is 0 Å². The summed E-state index contributed by atoms with van der Waals surface area (Å²) in [6, 6.07) is 11.1. The maximum atomic E-state index is 12.2. The molecule has 22 heavy (non-hydrogen) atoms. The summed E-state index contributed by atoms with van der Waals surface area (Å²) in [5.41, 5.74) is 1.74. The minimum atomic E-state index is -0.430. The molecule has 2 heterocycles. The normalized spacial score (nSPS) is 14.1. The van der Waals surface area contributed by atoms with E-state index in [4.69, 9.17) is 4.74 Å². The summed E-state index contributed by atoms with van der Waals surface area (Å²) in [6.45, 7) is 1.79. The van der Waals surface area contributed by atoms with Crippen molar-refractivity contribution >= 4 is 11.9 Å². The number of hydrogen-bond donors (Lipinski definition) is 1. The summed E-state index contributed by atoms with van der Waals surface area (Å²) in [5.74, 6) is -0.486. The number of aromatic nitrogens is 1. The molecule has 2 aromatic rings. The zero-order valence-electron chi connectivity index (χ0n) is 12.2. The number of aromatic amines is 1. The lowest BCUT2D eigenvalue weighted by atomic mass is 10.2. The summed E-state index contributed by atoms with van der Waals surface area (Å²) in [4.78, 5) is 28.9. The highest BCUT2D eigenvalue weighted by Gasteiger charge is 2.22. The van der Waals surface area contributed by atoms with Crippen molar-refractivity contribution in [2.45, 2.75) is 19.4 Å². The lowest BCUT2D eigenvalue weighted by molar-refractivity contribution is 0.0473. The highest BCUT2D eigenvalue weighted by Crippen LogP contribution is 2.14. The molecule has 5 heteroatoms. The number of nitrogens with one attached hydrogen (secondary N) is 1. The van der Waals surface area contributed by atoms with Crippen LogP contribution in [0.2, 0.25) is 0 Å². The first-order chi connectivity index (χ1) is 10.7. The Hall–Kier alpha value is -2.56. The van der Waals surface area contributed by atoms with Crippen molar-refractivity contribution in [3.05, 3.63) is 59.4 Å². The molecule has 0 radical (unpaired) electrons. The number of esters is 1. The lowest BCUT2D eigenvalue weighted by Gasteiger charge is -2.13. The predicted octanol–water partition coefficient (Wildman–Crippen LogP) is 2.61. The summed E-state index contributed by atoms with van der Waals surface area (Å²) in [6.07, 6.45) is 3.60. The summed E-state index contributed by atoms with van der Waals surface area (Å²) < 4.78 is 5.25. The molecule has 0 unspecified atom stereocenters. The third-order valence-corrected chi connectivity index (χ3v) is 3.76. The van der Waals surface area contributed by atoms with Gasteiger partial charge in [0.2, 0.25) is 0 Å². The molecule has 0 atom stereocenters. The second kappa shape index (κ2) is 6.47. The fourth-order valence-electron chi connectivity index (χ4n) is 2.53. The monoisotopic (exact) mass is 298 g/mol. The van der Waals surface area contributed by atoms with E-state index in [0.29, 0.717) is 11.3 Å². The van der Waals surface area contributed by atoms with Gasteiger partial charge in [0, 0.05) is 19.3 Å². The SMILES string of the molecule is O=C(OCc1ccccc1)c1c[nH]c(C(=O)N2CCCC2)c1. The fourth-order valence-corrected chi connectivity index (χ4v) is 2.53. The molecule has 1 aliphatic rings. The predicted molar refractivity (Wildman–Crippen MR) is 81.5 cm³/mol. The fraction of sp³-hybridized carbons (Fsp3) is 0.294. The van der Waals surface area contributed by atoms with Crippen LogP contribution in [0.25, 0.3) is 0 Å². The Labute approximate surface area is 128 Å². The molecular weight excluding hydrogens is 280 g/mol. The molecule has 1 aromatic heterocycles. The second-order valence-corrected chi connectivity index (χ2v) is 5.36. The van der Waals surface area contributed by atoms with Gasteiger partial charge in [0.05, 0.1) is 5.56 Å². The van der Waals surface area contributed by atoms with Crippen LogP contribution in [0.3, 0.4) is 0 Å². The van der Waals surface area contributed by atoms with Gasteiger partial charge in [0.25, 0.3) is 5.91 Å². The molecule has 1 amide bonds. The number of H-pyrrole nitrogens is 1. The Morgan fingerprint density at radius 1 is 1.14 bits per heavy atom. The van der Waals surface area contributed by atoms with Crippen LogP contribution in [0, 0.1) is 0 Å². The average molecular weight is 298 g/mol. The third kappa shape index (κ3) is 3.19. The molecule has 1 aromatic carbocycles. The molecule has 114 valence electrons. The Kier molecular flexibility index (Phi) is 4.23. The zero-order valence-corrected chi connectivity index (χ0v) is 12.2. The van der Waals surface area contributed by atoms with Gasteiger partial charge in [-0.15, -0.1) is 0 Å². The first kappa shape index (κ1) is 14.4. The maximum absolute atomic E-state index is 12.2. The molecule has 0 bridgehead atoms. The zero-order chi connectivity index (χ0) is 15.4. The number of carbonyl (C=O) groups excluding carboxylic acids is 2. The largest absolute Gasteiger partial charge is 0.457 e. The van der Waals surface area contributed by atoms with Crippen molar-refractivity contribution in [1.29, 1.82) is 0 Å². The van der Waals surface area contributed by atoms with E-state index in [-0.39, 0.29) is 12.5 Å². The minimum absolute atomic E-state index is 0.0559. The number of rotatable bonds is 4. The molecule has 0 aliphatic carbocycles. The van der Waals surface area contributed by atoms with Crippen LogP contribution >= 0.6 is 0 Å². The van der Waals surface area contributed by atoms with Crippen molar-refractivity contribution in [2.75, 3.05) is 13.1 Å². The van der Waals surface area contributed by atoms with Gasteiger partial charge < -0.3 is 14.6 Å². The van der Waals surface area contributed by atoms with Gasteiger partial charge in [-0.1, -0.05) is 30.3 Å². The molecule has 5 nitrogen and oxygen atoms in total. The Morgan fingerprint density at radius 3 is 2.59 bits per heavy atom. The topological polar surface area (TPSA) is 62.4 Å². The number of amides is 1. The Bertz CT molecular complexity index is 658. The van der Waals surface area contributed by atoms with E-state index in [1.165, 1.54) is 6.20 Å². The second-order valence-electron chi connectivity index (χ2n) is 5.36. The quantitative estimate of drug-likeness (QED) is 0.883. The van der Waals surface area contributed by atoms with Gasteiger partial charge in [0.1, 0.15) is 12.3 Å². The molecule has 0 spiro atoms. The van der Waals surface area contributed by atoms with Crippen molar-refractivity contribution in [1.82, 2.24) is 9.88 Å². The summed E-state index contributed by atoms with van der Waals surface area (Å²) >= 11 is 0. The maximum Gasteiger partial charge on any atom is 0.340 e. The molecule has 1 N–H and O–H groups in total. The molecule has 3 rings (SSSR count). The number of ether oxygens (including phenoxy) is 1. The van der Waals surface area contributed by atoms with E-state index in [2.05, 4.69) is 4.98 Å². The van der Waals surface area contributed by atoms with Crippen molar-refractivity contribution in [3.63, 3.8) is 0 Å². The highest BCUT2D eigenvalue weighted by atomic mass is 16.5. The first-order valence-corrected chi connectivity index (χ1v) is 7.43. The van der Waals surface area contributed by atoms with E-state index in [1.54, 1.807) is 11.0 Å². The van der Waals surface area contributed by atoms with E-state index < -0.39 is 5.97 Å². The summed E-state index contributed by atoms with van der Waals surface area (Å²) in [7, 11) is 0. The number of likely N-dealkylation sites (tertiary alicyclic amines) is 1. The van der Waals surface area contributed by atoms with Crippen molar-refractivity contribution < 1.29 is 14.3 Å². The van der Waals surface area contributed by atoms with E-state index in [9.17, 15) is 9.59 Å². The Morgan fingerprint density at radius 2 is 1.86 bits per heavy atom. The first-order valence-electron chi connectivity index (χ1n) is 7.43. The smallest absolute Gasteiger partial charge is 0.340 e. The van der Waals surface area contributed by atoms with Gasteiger partial charge in [-0.05, 0) is 24.5 Å². The van der Waals surface area contributed by atoms with Crippen LogP contribution in [-0.4, -0.2) is 34.8 Å². The Balaban J connectivity index is 1.60. The van der Waals surface area contributed by atoms with Crippen LogP contribution in [0.4, 0.5) is 0 Å². The van der Waals surface area contributed by atoms with Crippen molar-refractivity contribution in [3.8, 4) is 0 Å². The van der Waals surface area contributed by atoms with Crippen molar-refractivity contribution in [2.24, 2.45) is 0 Å². The molecule has 1 aliphatic heterocycles. The van der Waals surface area contributed by atoms with Crippen LogP contribution in [0.1, 0.15) is 39.3 Å².